The average molecular weight is 336 g/mol. The van der Waals surface area contributed by atoms with E-state index in [4.69, 9.17) is 0 Å². The average Bonchev–Trinajstić information content (AvgIpc) is 2.68. The van der Waals surface area contributed by atoms with Gasteiger partial charge in [0, 0.05) is 31.0 Å². The number of carbonyl (C=O) groups excluding carboxylic acids is 2. The fraction of sp³-hybridized carbons (Fsp3) is 0.333. The molecule has 1 amide bonds. The molecule has 0 bridgehead atoms. The third-order valence-electron chi connectivity index (χ3n) is 4.56. The molecular weight excluding hydrogens is 312 g/mol. The van der Waals surface area contributed by atoms with Crippen LogP contribution in [-0.4, -0.2) is 30.8 Å². The van der Waals surface area contributed by atoms with Crippen molar-refractivity contribution in [1.82, 2.24) is 10.6 Å². The van der Waals surface area contributed by atoms with Crippen LogP contribution in [0.4, 0.5) is 0 Å². The highest BCUT2D eigenvalue weighted by Crippen LogP contribution is 2.20. The minimum atomic E-state index is -0.0389. The van der Waals surface area contributed by atoms with E-state index in [1.165, 1.54) is 0 Å². The van der Waals surface area contributed by atoms with Crippen LogP contribution in [0.25, 0.3) is 11.1 Å². The minimum Gasteiger partial charge on any atom is -0.352 e. The molecule has 0 aliphatic carbocycles. The van der Waals surface area contributed by atoms with E-state index in [2.05, 4.69) is 10.6 Å². The molecule has 1 fully saturated rings. The van der Waals surface area contributed by atoms with E-state index in [9.17, 15) is 9.59 Å². The molecule has 0 radical (unpaired) electrons. The lowest BCUT2D eigenvalue weighted by molar-refractivity contribution is -0.121. The van der Waals surface area contributed by atoms with Gasteiger partial charge in [-0.3, -0.25) is 9.59 Å². The number of carbonyl (C=O) groups is 2. The van der Waals surface area contributed by atoms with E-state index in [0.717, 1.165) is 37.1 Å². The first kappa shape index (κ1) is 17.4. The highest BCUT2D eigenvalue weighted by Gasteiger charge is 2.16. The third kappa shape index (κ3) is 5.00. The van der Waals surface area contributed by atoms with Gasteiger partial charge in [0.05, 0.1) is 0 Å². The van der Waals surface area contributed by atoms with Gasteiger partial charge in [0.2, 0.25) is 5.91 Å². The van der Waals surface area contributed by atoms with E-state index < -0.39 is 0 Å². The molecule has 1 aliphatic rings. The summed E-state index contributed by atoms with van der Waals surface area (Å²) < 4.78 is 0. The monoisotopic (exact) mass is 336 g/mol. The predicted octanol–water partition coefficient (Wildman–Crippen LogP) is 3.18. The van der Waals surface area contributed by atoms with Gasteiger partial charge >= 0.3 is 0 Å². The van der Waals surface area contributed by atoms with E-state index in [1.807, 2.05) is 54.6 Å². The van der Waals surface area contributed by atoms with E-state index in [0.29, 0.717) is 5.56 Å². The number of nitrogens with one attached hydrogen (secondary N) is 2. The number of piperidine rings is 1. The zero-order valence-corrected chi connectivity index (χ0v) is 14.3. The molecule has 25 heavy (non-hydrogen) atoms. The van der Waals surface area contributed by atoms with E-state index in [1.54, 1.807) is 0 Å². The van der Waals surface area contributed by atoms with Crippen LogP contribution in [0.2, 0.25) is 0 Å². The molecule has 1 aliphatic heterocycles. The minimum absolute atomic E-state index is 0.0107. The smallest absolute Gasteiger partial charge is 0.220 e. The van der Waals surface area contributed by atoms with Crippen LogP contribution in [-0.2, 0) is 4.79 Å². The fourth-order valence-electron chi connectivity index (χ4n) is 3.13. The molecule has 130 valence electrons. The summed E-state index contributed by atoms with van der Waals surface area (Å²) in [6, 6.07) is 17.8. The van der Waals surface area contributed by atoms with E-state index >= 15 is 0 Å². The van der Waals surface area contributed by atoms with Crippen LogP contribution >= 0.6 is 0 Å². The fourth-order valence-corrected chi connectivity index (χ4v) is 3.13. The molecule has 0 unspecified atom stereocenters. The van der Waals surface area contributed by atoms with E-state index in [-0.39, 0.29) is 30.6 Å². The van der Waals surface area contributed by atoms with Gasteiger partial charge in [0.1, 0.15) is 0 Å². The number of rotatable bonds is 6. The maximum Gasteiger partial charge on any atom is 0.220 e. The SMILES string of the molecule is O=C(CCC(=O)c1ccc(-c2ccccc2)cc1)N[C@H]1CCCNC1. The van der Waals surface area contributed by atoms with Crippen LogP contribution in [0.1, 0.15) is 36.0 Å². The standard InChI is InChI=1S/C21H24N2O2/c24-20(12-13-21(25)23-19-7-4-14-22-15-19)18-10-8-17(9-11-18)16-5-2-1-3-6-16/h1-3,5-6,8-11,19,22H,4,7,12-15H2,(H,23,25)/t19-/m0/s1. The number of hydrogen-bond donors (Lipinski definition) is 2. The Morgan fingerprint density at radius 3 is 2.36 bits per heavy atom. The molecule has 0 spiro atoms. The maximum atomic E-state index is 12.3. The van der Waals surface area contributed by atoms with Crippen molar-refractivity contribution < 1.29 is 9.59 Å². The van der Waals surface area contributed by atoms with Crippen LogP contribution in [0.15, 0.2) is 54.6 Å². The van der Waals surface area contributed by atoms with Crippen molar-refractivity contribution in [2.75, 3.05) is 13.1 Å². The lowest BCUT2D eigenvalue weighted by Gasteiger charge is -2.23. The van der Waals surface area contributed by atoms with Crippen molar-refractivity contribution in [1.29, 1.82) is 0 Å². The molecule has 2 aromatic carbocycles. The first-order valence-electron chi connectivity index (χ1n) is 8.91. The number of hydrogen-bond acceptors (Lipinski definition) is 3. The molecule has 4 nitrogen and oxygen atoms in total. The summed E-state index contributed by atoms with van der Waals surface area (Å²) in [6.45, 7) is 1.84. The summed E-state index contributed by atoms with van der Waals surface area (Å²) in [7, 11) is 0. The topological polar surface area (TPSA) is 58.2 Å². The second-order valence-electron chi connectivity index (χ2n) is 6.48. The molecule has 4 heteroatoms. The van der Waals surface area contributed by atoms with Crippen molar-refractivity contribution in [3.63, 3.8) is 0 Å². The van der Waals surface area contributed by atoms with Crippen LogP contribution in [0, 0.1) is 0 Å². The highest BCUT2D eigenvalue weighted by molar-refractivity contribution is 5.98. The Morgan fingerprint density at radius 2 is 1.68 bits per heavy atom. The Bertz CT molecular complexity index is 704. The number of Topliss-reactive ketones (excluding diaryl/α,β-unsaturated/α-hetero) is 1. The van der Waals surface area contributed by atoms with Gasteiger partial charge in [-0.05, 0) is 30.5 Å². The Balaban J connectivity index is 1.50. The number of amides is 1. The molecule has 2 N–H and O–H groups in total. The Hall–Kier alpha value is -2.46. The Labute approximate surface area is 148 Å². The van der Waals surface area contributed by atoms with Gasteiger partial charge in [-0.2, -0.15) is 0 Å². The molecule has 2 aromatic rings. The molecular formula is C21H24N2O2. The van der Waals surface area contributed by atoms with Gasteiger partial charge in [-0.25, -0.2) is 0 Å². The largest absolute Gasteiger partial charge is 0.352 e. The van der Waals surface area contributed by atoms with Crippen molar-refractivity contribution in [3.8, 4) is 11.1 Å². The normalized spacial score (nSPS) is 17.0. The predicted molar refractivity (Wildman–Crippen MR) is 99.5 cm³/mol. The molecule has 1 heterocycles. The summed E-state index contributed by atoms with van der Waals surface area (Å²) in [6.07, 6.45) is 2.58. The lowest BCUT2D eigenvalue weighted by atomic mass is 10.0. The molecule has 3 rings (SSSR count). The second kappa shape index (κ2) is 8.58. The third-order valence-corrected chi connectivity index (χ3v) is 4.56. The number of benzene rings is 2. The van der Waals surface area contributed by atoms with Crippen molar-refractivity contribution in [2.45, 2.75) is 31.7 Å². The first-order valence-corrected chi connectivity index (χ1v) is 8.91. The van der Waals surface area contributed by atoms with Gasteiger partial charge in [0.15, 0.2) is 5.78 Å². The highest BCUT2D eigenvalue weighted by atomic mass is 16.2. The molecule has 1 atom stereocenters. The summed E-state index contributed by atoms with van der Waals surface area (Å²) in [5.41, 5.74) is 2.87. The van der Waals surface area contributed by atoms with Gasteiger partial charge in [0.25, 0.3) is 0 Å². The zero-order valence-electron chi connectivity index (χ0n) is 14.3. The van der Waals surface area contributed by atoms with Crippen LogP contribution in [0.5, 0.6) is 0 Å². The summed E-state index contributed by atoms with van der Waals surface area (Å²) in [4.78, 5) is 24.3. The molecule has 1 saturated heterocycles. The second-order valence-corrected chi connectivity index (χ2v) is 6.48. The summed E-state index contributed by atoms with van der Waals surface area (Å²) in [5, 5.41) is 6.27. The summed E-state index contributed by atoms with van der Waals surface area (Å²) >= 11 is 0. The quantitative estimate of drug-likeness (QED) is 0.797. The van der Waals surface area contributed by atoms with Gasteiger partial charge in [-0.15, -0.1) is 0 Å². The van der Waals surface area contributed by atoms with Gasteiger partial charge in [-0.1, -0.05) is 54.6 Å². The first-order chi connectivity index (χ1) is 12.2. The van der Waals surface area contributed by atoms with Crippen LogP contribution < -0.4 is 10.6 Å². The van der Waals surface area contributed by atoms with Crippen molar-refractivity contribution in [3.05, 3.63) is 60.2 Å². The van der Waals surface area contributed by atoms with Crippen molar-refractivity contribution >= 4 is 11.7 Å². The Morgan fingerprint density at radius 1 is 0.960 bits per heavy atom. The van der Waals surface area contributed by atoms with Gasteiger partial charge < -0.3 is 10.6 Å². The van der Waals surface area contributed by atoms with Crippen molar-refractivity contribution in [2.24, 2.45) is 0 Å². The lowest BCUT2D eigenvalue weighted by Crippen LogP contribution is -2.45. The zero-order chi connectivity index (χ0) is 17.5. The Kier molecular flexibility index (Phi) is 5.96. The summed E-state index contributed by atoms with van der Waals surface area (Å²) in [5.74, 6) is -0.0283. The molecule has 0 aromatic heterocycles. The van der Waals surface area contributed by atoms with Crippen LogP contribution in [0.3, 0.4) is 0 Å². The maximum absolute atomic E-state index is 12.3. The molecule has 0 saturated carbocycles. The number of ketones is 1.